The number of rotatable bonds is 7. The molecule has 0 aliphatic heterocycles. The molecular formula is C23H22N4O2S. The molecule has 0 saturated heterocycles. The van der Waals surface area contributed by atoms with Crippen LogP contribution in [0.2, 0.25) is 0 Å². The second-order valence-corrected chi connectivity index (χ2v) is 7.99. The molecule has 2 aromatic heterocycles. The predicted octanol–water partition coefficient (Wildman–Crippen LogP) is 4.93. The number of benzene rings is 2. The van der Waals surface area contributed by atoms with E-state index in [9.17, 15) is 4.79 Å². The van der Waals surface area contributed by atoms with Crippen molar-refractivity contribution in [3.63, 3.8) is 0 Å². The van der Waals surface area contributed by atoms with E-state index < -0.39 is 0 Å². The third-order valence-corrected chi connectivity index (χ3v) is 5.49. The maximum absolute atomic E-state index is 12.4. The Bertz CT molecular complexity index is 1150. The lowest BCUT2D eigenvalue weighted by molar-refractivity contribution is -0.113. The second-order valence-electron chi connectivity index (χ2n) is 7.05. The SMILES string of the molecule is Cc1cccc(NC(=O)CSc2nnc(-c3cccc(C)c3)n2Cc2ccco2)c1. The van der Waals surface area contributed by atoms with Gasteiger partial charge in [-0.1, -0.05) is 47.7 Å². The molecule has 1 N–H and O–H groups in total. The summed E-state index contributed by atoms with van der Waals surface area (Å²) in [6.45, 7) is 4.53. The summed E-state index contributed by atoms with van der Waals surface area (Å²) in [5, 5.41) is 12.3. The number of hydrogen-bond acceptors (Lipinski definition) is 5. The second kappa shape index (κ2) is 9.00. The molecule has 2 aromatic carbocycles. The first-order chi connectivity index (χ1) is 14.6. The Morgan fingerprint density at radius 1 is 1.03 bits per heavy atom. The van der Waals surface area contributed by atoms with Gasteiger partial charge in [0.25, 0.3) is 0 Å². The van der Waals surface area contributed by atoms with Gasteiger partial charge >= 0.3 is 0 Å². The van der Waals surface area contributed by atoms with E-state index in [1.54, 1.807) is 6.26 Å². The van der Waals surface area contributed by atoms with Gasteiger partial charge in [-0.15, -0.1) is 10.2 Å². The van der Waals surface area contributed by atoms with Crippen molar-refractivity contribution in [2.45, 2.75) is 25.5 Å². The summed E-state index contributed by atoms with van der Waals surface area (Å²) in [6, 6.07) is 19.6. The van der Waals surface area contributed by atoms with Crippen LogP contribution in [0.5, 0.6) is 0 Å². The zero-order valence-corrected chi connectivity index (χ0v) is 17.6. The van der Waals surface area contributed by atoms with Gasteiger partial charge in [-0.05, 0) is 49.7 Å². The van der Waals surface area contributed by atoms with Gasteiger partial charge in [0.1, 0.15) is 5.76 Å². The number of nitrogens with one attached hydrogen (secondary N) is 1. The van der Waals surface area contributed by atoms with Gasteiger partial charge < -0.3 is 9.73 Å². The van der Waals surface area contributed by atoms with E-state index in [0.29, 0.717) is 11.7 Å². The molecule has 30 heavy (non-hydrogen) atoms. The van der Waals surface area contributed by atoms with Crippen molar-refractivity contribution in [3.8, 4) is 11.4 Å². The Hall–Kier alpha value is -3.32. The van der Waals surface area contributed by atoms with Gasteiger partial charge in [0, 0.05) is 11.3 Å². The fourth-order valence-electron chi connectivity index (χ4n) is 3.14. The first-order valence-electron chi connectivity index (χ1n) is 9.60. The number of nitrogens with zero attached hydrogens (tertiary/aromatic N) is 3. The highest BCUT2D eigenvalue weighted by atomic mass is 32.2. The van der Waals surface area contributed by atoms with Gasteiger partial charge in [0.15, 0.2) is 11.0 Å². The fraction of sp³-hybridized carbons (Fsp3) is 0.174. The summed E-state index contributed by atoms with van der Waals surface area (Å²) >= 11 is 1.36. The van der Waals surface area contributed by atoms with Gasteiger partial charge in [0.2, 0.25) is 5.91 Å². The van der Waals surface area contributed by atoms with Crippen LogP contribution in [0, 0.1) is 13.8 Å². The van der Waals surface area contributed by atoms with Crippen molar-refractivity contribution in [2.75, 3.05) is 11.1 Å². The molecule has 7 heteroatoms. The predicted molar refractivity (Wildman–Crippen MR) is 119 cm³/mol. The number of amides is 1. The standard InChI is InChI=1S/C23H22N4O2S/c1-16-6-3-8-18(12-16)22-25-26-23(27(22)14-20-10-5-11-29-20)30-15-21(28)24-19-9-4-7-17(2)13-19/h3-13H,14-15H2,1-2H3,(H,24,28). The van der Waals surface area contributed by atoms with Crippen LogP contribution in [0.1, 0.15) is 16.9 Å². The molecule has 1 amide bonds. The monoisotopic (exact) mass is 418 g/mol. The summed E-state index contributed by atoms with van der Waals surface area (Å²) in [5.41, 5.74) is 4.01. The van der Waals surface area contributed by atoms with E-state index in [4.69, 9.17) is 4.42 Å². The molecule has 152 valence electrons. The molecular weight excluding hydrogens is 396 g/mol. The molecule has 0 aliphatic carbocycles. The summed E-state index contributed by atoms with van der Waals surface area (Å²) in [4.78, 5) is 12.4. The Morgan fingerprint density at radius 2 is 1.83 bits per heavy atom. The van der Waals surface area contributed by atoms with Crippen molar-refractivity contribution < 1.29 is 9.21 Å². The van der Waals surface area contributed by atoms with E-state index in [-0.39, 0.29) is 11.7 Å². The maximum Gasteiger partial charge on any atom is 0.234 e. The quantitative estimate of drug-likeness (QED) is 0.431. The molecule has 0 aliphatic rings. The third kappa shape index (κ3) is 4.80. The smallest absolute Gasteiger partial charge is 0.234 e. The largest absolute Gasteiger partial charge is 0.467 e. The first-order valence-corrected chi connectivity index (χ1v) is 10.6. The molecule has 0 saturated carbocycles. The molecule has 0 bridgehead atoms. The van der Waals surface area contributed by atoms with Crippen LogP contribution in [-0.4, -0.2) is 26.4 Å². The zero-order chi connectivity index (χ0) is 20.9. The average Bonchev–Trinajstić information content (AvgIpc) is 3.37. The number of carbonyl (C=O) groups is 1. The summed E-state index contributed by atoms with van der Waals surface area (Å²) in [6.07, 6.45) is 1.65. The van der Waals surface area contributed by atoms with Crippen molar-refractivity contribution in [2.24, 2.45) is 0 Å². The summed E-state index contributed by atoms with van der Waals surface area (Å²) in [7, 11) is 0. The highest BCUT2D eigenvalue weighted by Gasteiger charge is 2.17. The Kier molecular flexibility index (Phi) is 5.99. The molecule has 4 rings (SSSR count). The number of carbonyl (C=O) groups excluding carboxylic acids is 1. The van der Waals surface area contributed by atoms with Gasteiger partial charge in [-0.2, -0.15) is 0 Å². The van der Waals surface area contributed by atoms with Gasteiger partial charge in [-0.25, -0.2) is 0 Å². The molecule has 0 unspecified atom stereocenters. The van der Waals surface area contributed by atoms with Crippen LogP contribution in [0.4, 0.5) is 5.69 Å². The van der Waals surface area contributed by atoms with Crippen LogP contribution in [0.15, 0.2) is 76.5 Å². The molecule has 0 radical (unpaired) electrons. The minimum Gasteiger partial charge on any atom is -0.467 e. The Labute approximate surface area is 179 Å². The van der Waals surface area contributed by atoms with Crippen molar-refractivity contribution in [1.82, 2.24) is 14.8 Å². The zero-order valence-electron chi connectivity index (χ0n) is 16.8. The highest BCUT2D eigenvalue weighted by molar-refractivity contribution is 7.99. The van der Waals surface area contributed by atoms with E-state index in [1.165, 1.54) is 11.8 Å². The number of thioether (sulfide) groups is 1. The molecule has 0 atom stereocenters. The molecule has 2 heterocycles. The molecule has 6 nitrogen and oxygen atoms in total. The number of aryl methyl sites for hydroxylation is 2. The van der Waals surface area contributed by atoms with Gasteiger partial charge in [0.05, 0.1) is 18.6 Å². The van der Waals surface area contributed by atoms with Crippen LogP contribution < -0.4 is 5.32 Å². The van der Waals surface area contributed by atoms with Crippen LogP contribution in [-0.2, 0) is 11.3 Å². The van der Waals surface area contributed by atoms with E-state index >= 15 is 0 Å². The van der Waals surface area contributed by atoms with Crippen LogP contribution in [0.3, 0.4) is 0 Å². The fourth-order valence-corrected chi connectivity index (χ4v) is 3.88. The number of furan rings is 1. The lowest BCUT2D eigenvalue weighted by Crippen LogP contribution is -2.15. The minimum absolute atomic E-state index is 0.0877. The van der Waals surface area contributed by atoms with E-state index in [2.05, 4.69) is 21.6 Å². The van der Waals surface area contributed by atoms with Crippen molar-refractivity contribution in [3.05, 3.63) is 83.8 Å². The highest BCUT2D eigenvalue weighted by Crippen LogP contribution is 2.26. The molecule has 4 aromatic rings. The van der Waals surface area contributed by atoms with Crippen LogP contribution in [0.25, 0.3) is 11.4 Å². The van der Waals surface area contributed by atoms with E-state index in [1.807, 2.05) is 73.0 Å². The van der Waals surface area contributed by atoms with Crippen LogP contribution >= 0.6 is 11.8 Å². The van der Waals surface area contributed by atoms with Crippen molar-refractivity contribution >= 4 is 23.4 Å². The Morgan fingerprint density at radius 3 is 2.57 bits per heavy atom. The van der Waals surface area contributed by atoms with Gasteiger partial charge in [-0.3, -0.25) is 9.36 Å². The number of aromatic nitrogens is 3. The summed E-state index contributed by atoms with van der Waals surface area (Å²) in [5.74, 6) is 1.69. The number of hydrogen-bond donors (Lipinski definition) is 1. The molecule has 0 spiro atoms. The van der Waals surface area contributed by atoms with E-state index in [0.717, 1.165) is 34.0 Å². The third-order valence-electron chi connectivity index (χ3n) is 4.52. The average molecular weight is 419 g/mol. The number of anilines is 1. The lowest BCUT2D eigenvalue weighted by atomic mass is 10.1. The normalized spacial score (nSPS) is 10.9. The topological polar surface area (TPSA) is 73.0 Å². The maximum atomic E-state index is 12.4. The Balaban J connectivity index is 1.54. The first kappa shape index (κ1) is 20.0. The lowest BCUT2D eigenvalue weighted by Gasteiger charge is -2.10. The molecule has 0 fully saturated rings. The summed E-state index contributed by atoms with van der Waals surface area (Å²) < 4.78 is 7.51. The van der Waals surface area contributed by atoms with Crippen molar-refractivity contribution in [1.29, 1.82) is 0 Å². The minimum atomic E-state index is -0.0877.